The minimum atomic E-state index is 0.744. The summed E-state index contributed by atoms with van der Waals surface area (Å²) in [6.07, 6.45) is 2.62. The van der Waals surface area contributed by atoms with Crippen molar-refractivity contribution in [2.24, 2.45) is 0 Å². The van der Waals surface area contributed by atoms with Gasteiger partial charge in [-0.05, 0) is 37.0 Å². The second-order valence-electron chi connectivity index (χ2n) is 4.04. The van der Waals surface area contributed by atoms with E-state index in [1.165, 1.54) is 23.9 Å². The summed E-state index contributed by atoms with van der Waals surface area (Å²) in [4.78, 5) is 3.46. The molecule has 1 N–H and O–H groups in total. The second kappa shape index (κ2) is 3.27. The lowest BCUT2D eigenvalue weighted by Crippen LogP contribution is -1.84. The molecule has 1 aliphatic carbocycles. The van der Waals surface area contributed by atoms with Gasteiger partial charge in [0.2, 0.25) is 0 Å². The molecule has 1 saturated carbocycles. The number of hydrogen-bond donors (Lipinski definition) is 1. The Hall–Kier alpha value is -0.960. The Balaban J connectivity index is 2.25. The molecule has 2 aromatic rings. The highest BCUT2D eigenvalue weighted by molar-refractivity contribution is 9.10. The van der Waals surface area contributed by atoms with E-state index < -0.39 is 0 Å². The van der Waals surface area contributed by atoms with E-state index in [1.807, 2.05) is 12.1 Å². The summed E-state index contributed by atoms with van der Waals surface area (Å²) in [5, 5.41) is 1.22. The lowest BCUT2D eigenvalue weighted by Gasteiger charge is -2.01. The molecule has 0 saturated heterocycles. The third-order valence-corrected chi connectivity index (χ3v) is 3.65. The Bertz CT molecular complexity index is 514. The van der Waals surface area contributed by atoms with Crippen LogP contribution in [0.1, 0.15) is 24.5 Å². The molecular formula is C12H12BrNO. The maximum atomic E-state index is 5.34. The fourth-order valence-electron chi connectivity index (χ4n) is 1.96. The molecule has 0 atom stereocenters. The highest BCUT2D eigenvalue weighted by Gasteiger charge is 2.25. The normalized spacial score (nSPS) is 15.9. The third-order valence-electron chi connectivity index (χ3n) is 2.96. The minimum absolute atomic E-state index is 0.744. The van der Waals surface area contributed by atoms with Crippen LogP contribution in [0.4, 0.5) is 0 Å². The van der Waals surface area contributed by atoms with E-state index >= 15 is 0 Å². The SMILES string of the molecule is COc1ccc(Br)c2cc(C3CC3)[nH]c12. The molecule has 1 aromatic heterocycles. The number of aromatic amines is 1. The van der Waals surface area contributed by atoms with Crippen LogP contribution in [0.15, 0.2) is 22.7 Å². The number of rotatable bonds is 2. The topological polar surface area (TPSA) is 25.0 Å². The molecule has 0 bridgehead atoms. The number of aromatic nitrogens is 1. The zero-order chi connectivity index (χ0) is 10.4. The van der Waals surface area contributed by atoms with Gasteiger partial charge in [-0.1, -0.05) is 15.9 Å². The van der Waals surface area contributed by atoms with E-state index in [-0.39, 0.29) is 0 Å². The van der Waals surface area contributed by atoms with Crippen LogP contribution >= 0.6 is 15.9 Å². The fraction of sp³-hybridized carbons (Fsp3) is 0.333. The molecule has 1 aliphatic rings. The molecule has 0 spiro atoms. The quantitative estimate of drug-likeness (QED) is 0.878. The van der Waals surface area contributed by atoms with E-state index in [1.54, 1.807) is 7.11 Å². The molecule has 2 nitrogen and oxygen atoms in total. The van der Waals surface area contributed by atoms with Crippen molar-refractivity contribution in [2.75, 3.05) is 7.11 Å². The van der Waals surface area contributed by atoms with Crippen LogP contribution < -0.4 is 4.74 Å². The van der Waals surface area contributed by atoms with Crippen LogP contribution in [-0.2, 0) is 0 Å². The summed E-state index contributed by atoms with van der Waals surface area (Å²) in [7, 11) is 1.71. The van der Waals surface area contributed by atoms with Crippen molar-refractivity contribution in [1.82, 2.24) is 4.98 Å². The highest BCUT2D eigenvalue weighted by atomic mass is 79.9. The summed E-state index contributed by atoms with van der Waals surface area (Å²) in [6, 6.07) is 6.25. The van der Waals surface area contributed by atoms with Gasteiger partial charge in [-0.3, -0.25) is 0 Å². The van der Waals surface area contributed by atoms with E-state index in [0.29, 0.717) is 0 Å². The monoisotopic (exact) mass is 265 g/mol. The highest BCUT2D eigenvalue weighted by Crippen LogP contribution is 2.42. The van der Waals surface area contributed by atoms with Crippen molar-refractivity contribution in [1.29, 1.82) is 0 Å². The van der Waals surface area contributed by atoms with Gasteiger partial charge in [0.1, 0.15) is 5.75 Å². The number of methoxy groups -OCH3 is 1. The van der Waals surface area contributed by atoms with Crippen molar-refractivity contribution in [3.8, 4) is 5.75 Å². The Morgan fingerprint density at radius 1 is 1.40 bits per heavy atom. The van der Waals surface area contributed by atoms with E-state index in [2.05, 4.69) is 27.0 Å². The Morgan fingerprint density at radius 2 is 2.20 bits per heavy atom. The molecule has 78 valence electrons. The van der Waals surface area contributed by atoms with Crippen molar-refractivity contribution in [2.45, 2.75) is 18.8 Å². The molecule has 1 heterocycles. The van der Waals surface area contributed by atoms with Gasteiger partial charge in [-0.15, -0.1) is 0 Å². The van der Waals surface area contributed by atoms with Crippen LogP contribution in [0.2, 0.25) is 0 Å². The molecular weight excluding hydrogens is 254 g/mol. The predicted molar refractivity (Wildman–Crippen MR) is 64.5 cm³/mol. The molecule has 3 heteroatoms. The molecule has 0 unspecified atom stereocenters. The van der Waals surface area contributed by atoms with Crippen molar-refractivity contribution < 1.29 is 4.74 Å². The molecule has 0 amide bonds. The molecule has 3 rings (SSSR count). The second-order valence-corrected chi connectivity index (χ2v) is 4.89. The van der Waals surface area contributed by atoms with Gasteiger partial charge in [-0.25, -0.2) is 0 Å². The molecule has 1 aromatic carbocycles. The first-order valence-electron chi connectivity index (χ1n) is 5.14. The smallest absolute Gasteiger partial charge is 0.142 e. The first-order valence-corrected chi connectivity index (χ1v) is 5.94. The van der Waals surface area contributed by atoms with E-state index in [0.717, 1.165) is 21.7 Å². The van der Waals surface area contributed by atoms with Gasteiger partial charge in [0.15, 0.2) is 0 Å². The number of H-pyrrole nitrogens is 1. The molecule has 0 radical (unpaired) electrons. The van der Waals surface area contributed by atoms with Gasteiger partial charge in [0.05, 0.1) is 12.6 Å². The first kappa shape index (κ1) is 9.28. The van der Waals surface area contributed by atoms with Crippen molar-refractivity contribution in [3.05, 3.63) is 28.4 Å². The van der Waals surface area contributed by atoms with Crippen LogP contribution in [-0.4, -0.2) is 12.1 Å². The van der Waals surface area contributed by atoms with Crippen molar-refractivity contribution in [3.63, 3.8) is 0 Å². The number of ether oxygens (including phenoxy) is 1. The van der Waals surface area contributed by atoms with Crippen LogP contribution in [0.5, 0.6) is 5.75 Å². The Kier molecular flexibility index (Phi) is 2.02. The van der Waals surface area contributed by atoms with Gasteiger partial charge >= 0.3 is 0 Å². The van der Waals surface area contributed by atoms with E-state index in [9.17, 15) is 0 Å². The average Bonchev–Trinajstić information content (AvgIpc) is 2.99. The predicted octanol–water partition coefficient (Wildman–Crippen LogP) is 3.82. The number of hydrogen-bond acceptors (Lipinski definition) is 1. The average molecular weight is 266 g/mol. The minimum Gasteiger partial charge on any atom is -0.495 e. The summed E-state index contributed by atoms with van der Waals surface area (Å²) >= 11 is 3.57. The Morgan fingerprint density at radius 3 is 2.87 bits per heavy atom. The standard InChI is InChI=1S/C12H12BrNO/c1-15-11-5-4-9(13)8-6-10(7-2-3-7)14-12(8)11/h4-7,14H,2-3H2,1H3. The number of benzene rings is 1. The van der Waals surface area contributed by atoms with Crippen LogP contribution in [0.3, 0.4) is 0 Å². The number of halogens is 1. The maximum Gasteiger partial charge on any atom is 0.142 e. The lowest BCUT2D eigenvalue weighted by molar-refractivity contribution is 0.419. The fourth-order valence-corrected chi connectivity index (χ4v) is 2.41. The zero-order valence-corrected chi connectivity index (χ0v) is 10.1. The third kappa shape index (κ3) is 1.46. The lowest BCUT2D eigenvalue weighted by atomic mass is 10.2. The maximum absolute atomic E-state index is 5.34. The Labute approximate surface area is 96.8 Å². The van der Waals surface area contributed by atoms with Crippen LogP contribution in [0.25, 0.3) is 10.9 Å². The zero-order valence-electron chi connectivity index (χ0n) is 8.51. The summed E-state index contributed by atoms with van der Waals surface area (Å²) in [5.41, 5.74) is 2.45. The van der Waals surface area contributed by atoms with Gasteiger partial charge in [0.25, 0.3) is 0 Å². The summed E-state index contributed by atoms with van der Waals surface area (Å²) in [6.45, 7) is 0. The van der Waals surface area contributed by atoms with Crippen molar-refractivity contribution >= 4 is 26.8 Å². The van der Waals surface area contributed by atoms with Crippen LogP contribution in [0, 0.1) is 0 Å². The number of fused-ring (bicyclic) bond motifs is 1. The summed E-state index contributed by atoms with van der Waals surface area (Å²) in [5.74, 6) is 1.66. The first-order chi connectivity index (χ1) is 7.29. The van der Waals surface area contributed by atoms with E-state index in [4.69, 9.17) is 4.74 Å². The van der Waals surface area contributed by atoms with Gasteiger partial charge in [-0.2, -0.15) is 0 Å². The van der Waals surface area contributed by atoms with Gasteiger partial charge < -0.3 is 9.72 Å². The molecule has 0 aliphatic heterocycles. The summed E-state index contributed by atoms with van der Waals surface area (Å²) < 4.78 is 6.47. The number of nitrogens with one attached hydrogen (secondary N) is 1. The van der Waals surface area contributed by atoms with Gasteiger partial charge in [0, 0.05) is 15.6 Å². The molecule has 15 heavy (non-hydrogen) atoms. The largest absolute Gasteiger partial charge is 0.495 e. The molecule has 1 fully saturated rings.